The van der Waals surface area contributed by atoms with Gasteiger partial charge in [-0.15, -0.1) is 0 Å². The number of alkyl halides is 2. The largest absolute Gasteiger partial charge is 0.472 e. The molecule has 0 radical (unpaired) electrons. The molecule has 8 nitrogen and oxygen atoms in total. The predicted molar refractivity (Wildman–Crippen MR) is 50.2 cm³/mol. The summed E-state index contributed by atoms with van der Waals surface area (Å²) in [5.74, 6) is 0. The lowest BCUT2D eigenvalue weighted by Gasteiger charge is -2.26. The summed E-state index contributed by atoms with van der Waals surface area (Å²) in [5.41, 5.74) is 0. The maximum atomic E-state index is 10.4. The summed E-state index contributed by atoms with van der Waals surface area (Å²) in [4.78, 5) is 33.5. The number of phosphoric ester groups is 2. The summed E-state index contributed by atoms with van der Waals surface area (Å²) in [6, 6.07) is 0. The molecule has 0 saturated carbocycles. The van der Waals surface area contributed by atoms with E-state index in [9.17, 15) is 9.13 Å². The van der Waals surface area contributed by atoms with Crippen LogP contribution in [0.3, 0.4) is 0 Å². The molecule has 0 fully saturated rings. The van der Waals surface area contributed by atoms with Crippen LogP contribution in [0, 0.1) is 0 Å². The van der Waals surface area contributed by atoms with Crippen molar-refractivity contribution in [2.75, 3.05) is 0 Å². The summed E-state index contributed by atoms with van der Waals surface area (Å²) < 4.78 is 26.0. The molecular formula is C3H8Cl2O8P2. The summed E-state index contributed by atoms with van der Waals surface area (Å²) >= 11 is 10.5. The third-order valence-corrected chi connectivity index (χ3v) is 3.11. The van der Waals surface area contributed by atoms with Gasteiger partial charge in [0, 0.05) is 0 Å². The minimum Gasteiger partial charge on any atom is -0.303 e. The Morgan fingerprint density at radius 2 is 1.53 bits per heavy atom. The lowest BCUT2D eigenvalue weighted by Crippen LogP contribution is -2.32. The van der Waals surface area contributed by atoms with Crippen molar-refractivity contribution in [3.8, 4) is 0 Å². The van der Waals surface area contributed by atoms with E-state index in [1.807, 2.05) is 0 Å². The minimum atomic E-state index is -5.00. The van der Waals surface area contributed by atoms with Gasteiger partial charge in [0.15, 0.2) is 0 Å². The fourth-order valence-corrected chi connectivity index (χ4v) is 2.28. The number of hydrogen-bond acceptors (Lipinski definition) is 4. The number of halogens is 2. The second-order valence-electron chi connectivity index (χ2n) is 2.38. The Morgan fingerprint density at radius 1 is 1.13 bits per heavy atom. The van der Waals surface area contributed by atoms with E-state index >= 15 is 0 Å². The van der Waals surface area contributed by atoms with Crippen molar-refractivity contribution in [1.29, 1.82) is 0 Å². The van der Waals surface area contributed by atoms with Crippen LogP contribution in [0.25, 0.3) is 0 Å². The molecule has 0 aromatic rings. The van der Waals surface area contributed by atoms with E-state index in [0.717, 1.165) is 6.92 Å². The smallest absolute Gasteiger partial charge is 0.303 e. The standard InChI is InChI=1S/C3H8Cl2O8P2/c1-2(12-14(6,7)8)3(4,5)13-15(9,10)11/h2H,1H3,(H2,6,7,8)(H2,9,10,11). The van der Waals surface area contributed by atoms with Gasteiger partial charge in [0.25, 0.3) is 4.52 Å². The first-order valence-corrected chi connectivity index (χ1v) is 7.03. The summed E-state index contributed by atoms with van der Waals surface area (Å²) in [7, 11) is -9.89. The molecule has 0 rings (SSSR count). The molecule has 92 valence electrons. The van der Waals surface area contributed by atoms with Crippen LogP contribution in [0.2, 0.25) is 0 Å². The average molecular weight is 305 g/mol. The summed E-state index contributed by atoms with van der Waals surface area (Å²) in [5, 5.41) is 0. The van der Waals surface area contributed by atoms with Crippen LogP contribution < -0.4 is 0 Å². The highest BCUT2D eigenvalue weighted by Gasteiger charge is 2.43. The molecule has 0 saturated heterocycles. The zero-order chi connectivity index (χ0) is 12.5. The summed E-state index contributed by atoms with van der Waals surface area (Å²) in [6.07, 6.45) is -1.66. The molecule has 0 aliphatic carbocycles. The van der Waals surface area contributed by atoms with Gasteiger partial charge in [-0.1, -0.05) is 23.2 Å². The van der Waals surface area contributed by atoms with Crippen molar-refractivity contribution >= 4 is 38.8 Å². The van der Waals surface area contributed by atoms with Crippen molar-refractivity contribution in [2.24, 2.45) is 0 Å². The lowest BCUT2D eigenvalue weighted by molar-refractivity contribution is 0.0425. The third kappa shape index (κ3) is 7.65. The van der Waals surface area contributed by atoms with Crippen LogP contribution in [-0.2, 0) is 18.2 Å². The fourth-order valence-electron chi connectivity index (χ4n) is 0.500. The fraction of sp³-hybridized carbons (Fsp3) is 1.00. The highest BCUT2D eigenvalue weighted by Crippen LogP contribution is 2.50. The van der Waals surface area contributed by atoms with Crippen LogP contribution in [0.1, 0.15) is 6.92 Å². The Bertz CT molecular complexity index is 305. The van der Waals surface area contributed by atoms with E-state index in [4.69, 9.17) is 42.8 Å². The first kappa shape index (κ1) is 15.8. The molecule has 0 heterocycles. The van der Waals surface area contributed by atoms with Crippen molar-refractivity contribution < 1.29 is 37.8 Å². The molecule has 0 aromatic heterocycles. The molecule has 0 bridgehead atoms. The summed E-state index contributed by atoms with van der Waals surface area (Å²) in [6.45, 7) is 0.967. The highest BCUT2D eigenvalue weighted by atomic mass is 35.5. The highest BCUT2D eigenvalue weighted by molar-refractivity contribution is 7.46. The maximum Gasteiger partial charge on any atom is 0.472 e. The zero-order valence-electron chi connectivity index (χ0n) is 7.15. The van der Waals surface area contributed by atoms with E-state index in [2.05, 4.69) is 9.05 Å². The van der Waals surface area contributed by atoms with Crippen LogP contribution in [0.4, 0.5) is 0 Å². The van der Waals surface area contributed by atoms with E-state index in [0.29, 0.717) is 0 Å². The van der Waals surface area contributed by atoms with Crippen molar-refractivity contribution in [1.82, 2.24) is 0 Å². The van der Waals surface area contributed by atoms with E-state index in [1.54, 1.807) is 0 Å². The van der Waals surface area contributed by atoms with Crippen LogP contribution in [0.15, 0.2) is 0 Å². The zero-order valence-corrected chi connectivity index (χ0v) is 10.5. The van der Waals surface area contributed by atoms with Gasteiger partial charge in [0.05, 0.1) is 0 Å². The molecule has 0 aliphatic rings. The Labute approximate surface area is 94.6 Å². The Morgan fingerprint density at radius 3 is 1.80 bits per heavy atom. The van der Waals surface area contributed by atoms with Crippen molar-refractivity contribution in [3.63, 3.8) is 0 Å². The van der Waals surface area contributed by atoms with E-state index in [1.165, 1.54) is 0 Å². The molecular weight excluding hydrogens is 297 g/mol. The maximum absolute atomic E-state index is 10.4. The molecule has 12 heteroatoms. The Hall–Kier alpha value is 0.800. The van der Waals surface area contributed by atoms with Gasteiger partial charge in [-0.25, -0.2) is 13.7 Å². The van der Waals surface area contributed by atoms with Gasteiger partial charge >= 0.3 is 15.6 Å². The molecule has 0 aliphatic heterocycles. The van der Waals surface area contributed by atoms with Gasteiger partial charge in [0.1, 0.15) is 6.10 Å². The van der Waals surface area contributed by atoms with E-state index < -0.39 is 26.3 Å². The van der Waals surface area contributed by atoms with Crippen molar-refractivity contribution in [3.05, 3.63) is 0 Å². The van der Waals surface area contributed by atoms with E-state index in [-0.39, 0.29) is 0 Å². The van der Waals surface area contributed by atoms with Crippen molar-refractivity contribution in [2.45, 2.75) is 17.5 Å². The van der Waals surface area contributed by atoms with Gasteiger partial charge < -0.3 is 19.6 Å². The molecule has 15 heavy (non-hydrogen) atoms. The normalized spacial score (nSPS) is 16.5. The number of hydrogen-bond donors (Lipinski definition) is 4. The van der Waals surface area contributed by atoms with Gasteiger partial charge in [-0.2, -0.15) is 0 Å². The molecule has 4 N–H and O–H groups in total. The van der Waals surface area contributed by atoms with Gasteiger partial charge in [-0.05, 0) is 6.92 Å². The monoisotopic (exact) mass is 304 g/mol. The predicted octanol–water partition coefficient (Wildman–Crippen LogP) is 0.725. The number of rotatable bonds is 5. The number of phosphoric acid groups is 2. The molecule has 0 amide bonds. The SMILES string of the molecule is CC(OP(=O)(O)O)C(Cl)(Cl)OP(=O)(O)O. The molecule has 0 spiro atoms. The second kappa shape index (κ2) is 4.98. The van der Waals surface area contributed by atoms with Crippen LogP contribution >= 0.6 is 38.8 Å². The Balaban J connectivity index is 4.60. The van der Waals surface area contributed by atoms with Gasteiger partial charge in [-0.3, -0.25) is 4.52 Å². The Kier molecular flexibility index (Phi) is 5.24. The van der Waals surface area contributed by atoms with Crippen LogP contribution in [0.5, 0.6) is 0 Å². The lowest BCUT2D eigenvalue weighted by atomic mass is 10.4. The topological polar surface area (TPSA) is 134 Å². The first-order valence-electron chi connectivity index (χ1n) is 3.21. The molecule has 1 atom stereocenters. The third-order valence-electron chi connectivity index (χ3n) is 1.01. The van der Waals surface area contributed by atoms with Gasteiger partial charge in [0.2, 0.25) is 0 Å². The van der Waals surface area contributed by atoms with Crippen LogP contribution in [-0.4, -0.2) is 30.2 Å². The minimum absolute atomic E-state index is 0.967. The quantitative estimate of drug-likeness (QED) is 0.431. The molecule has 0 aromatic carbocycles. The molecule has 1 unspecified atom stereocenters. The average Bonchev–Trinajstić information content (AvgIpc) is 1.75. The first-order chi connectivity index (χ1) is 6.33. The second-order valence-corrected chi connectivity index (χ2v) is 6.05.